The zero-order chi connectivity index (χ0) is 17.8. The lowest BCUT2D eigenvalue weighted by Gasteiger charge is -2.08. The van der Waals surface area contributed by atoms with Gasteiger partial charge >= 0.3 is 5.63 Å². The fraction of sp³-hybridized carbons (Fsp3) is 0.125. The highest BCUT2D eigenvalue weighted by Crippen LogP contribution is 2.29. The van der Waals surface area contributed by atoms with Crippen LogP contribution in [0.1, 0.15) is 10.6 Å². The Labute approximate surface area is 151 Å². The van der Waals surface area contributed by atoms with Crippen molar-refractivity contribution in [1.82, 2.24) is 10.2 Å². The average Bonchev–Trinajstić information content (AvgIpc) is 3.08. The summed E-state index contributed by atoms with van der Waals surface area (Å²) in [4.78, 5) is 24.2. The molecule has 0 aliphatic heterocycles. The second kappa shape index (κ2) is 7.49. The summed E-state index contributed by atoms with van der Waals surface area (Å²) in [7, 11) is 1.54. The van der Waals surface area contributed by atoms with Crippen LogP contribution >= 0.6 is 23.1 Å². The van der Waals surface area contributed by atoms with Gasteiger partial charge in [-0.15, -0.1) is 10.2 Å². The summed E-state index contributed by atoms with van der Waals surface area (Å²) in [6, 6.07) is 10.0. The number of aromatic nitrogens is 2. The number of thioether (sulfide) groups is 1. The number of para-hydroxylation sites is 1. The summed E-state index contributed by atoms with van der Waals surface area (Å²) < 4.78 is 11.0. The van der Waals surface area contributed by atoms with Gasteiger partial charge in [0, 0.05) is 11.6 Å². The van der Waals surface area contributed by atoms with E-state index in [0.29, 0.717) is 22.0 Å². The molecule has 0 radical (unpaired) electrons. The van der Waals surface area contributed by atoms with E-state index in [1.807, 2.05) is 18.4 Å². The number of nitrogens with one attached hydrogen (secondary N) is 1. The highest BCUT2D eigenvalue weighted by Gasteiger charge is 2.16. The van der Waals surface area contributed by atoms with E-state index >= 15 is 0 Å². The predicted molar refractivity (Wildman–Crippen MR) is 96.6 cm³/mol. The van der Waals surface area contributed by atoms with Gasteiger partial charge in [0.25, 0.3) is 5.91 Å². The number of rotatable bonds is 5. The van der Waals surface area contributed by atoms with E-state index in [0.717, 1.165) is 4.34 Å². The van der Waals surface area contributed by atoms with Crippen molar-refractivity contribution in [3.05, 3.63) is 52.6 Å². The van der Waals surface area contributed by atoms with Crippen LogP contribution in [0, 0.1) is 0 Å². The highest BCUT2D eigenvalue weighted by atomic mass is 32.2. The number of nitrogens with zero attached hydrogens (tertiary/aromatic N) is 2. The van der Waals surface area contributed by atoms with Gasteiger partial charge < -0.3 is 9.15 Å². The predicted octanol–water partition coefficient (Wildman–Crippen LogP) is 3.14. The normalized spacial score (nSPS) is 10.5. The van der Waals surface area contributed by atoms with Gasteiger partial charge in [-0.3, -0.25) is 10.1 Å². The summed E-state index contributed by atoms with van der Waals surface area (Å²) in [5.74, 6) is -0.0971. The summed E-state index contributed by atoms with van der Waals surface area (Å²) in [5.41, 5.74) is 0.587. The number of amides is 1. The second-order valence-corrected chi connectivity index (χ2v) is 6.79. The van der Waals surface area contributed by atoms with Crippen LogP contribution < -0.4 is 15.7 Å². The minimum Gasteiger partial charge on any atom is -0.496 e. The Bertz CT molecular complexity index is 968. The van der Waals surface area contributed by atoms with Crippen LogP contribution in [-0.4, -0.2) is 29.5 Å². The van der Waals surface area contributed by atoms with Crippen LogP contribution in [0.5, 0.6) is 5.75 Å². The molecule has 0 atom stereocenters. The van der Waals surface area contributed by atoms with Crippen LogP contribution in [-0.2, 0) is 0 Å². The molecule has 25 heavy (non-hydrogen) atoms. The molecule has 0 unspecified atom stereocenters. The average molecular weight is 375 g/mol. The molecule has 7 nitrogen and oxygen atoms in total. The van der Waals surface area contributed by atoms with Crippen LogP contribution in [0.2, 0.25) is 0 Å². The SMILES string of the molecule is COc1ccccc1-c1cc(C(=O)Nc2nnc(SC)s2)oc(=O)c1. The Hall–Kier alpha value is -2.65. The summed E-state index contributed by atoms with van der Waals surface area (Å²) >= 11 is 2.66. The quantitative estimate of drug-likeness (QED) is 0.541. The number of hydrogen-bond acceptors (Lipinski definition) is 8. The lowest BCUT2D eigenvalue weighted by atomic mass is 10.1. The molecule has 0 saturated heterocycles. The number of carbonyl (C=O) groups excluding carboxylic acids is 1. The molecule has 0 aliphatic rings. The van der Waals surface area contributed by atoms with Crippen molar-refractivity contribution in [3.8, 4) is 16.9 Å². The van der Waals surface area contributed by atoms with Crippen LogP contribution in [0.25, 0.3) is 11.1 Å². The molecule has 1 amide bonds. The lowest BCUT2D eigenvalue weighted by molar-refractivity contribution is 0.0992. The van der Waals surface area contributed by atoms with Crippen molar-refractivity contribution in [2.75, 3.05) is 18.7 Å². The van der Waals surface area contributed by atoms with E-state index in [4.69, 9.17) is 9.15 Å². The molecule has 1 aromatic carbocycles. The highest BCUT2D eigenvalue weighted by molar-refractivity contribution is 8.00. The minimum atomic E-state index is -0.629. The molecule has 0 fully saturated rings. The van der Waals surface area contributed by atoms with Gasteiger partial charge in [0.2, 0.25) is 5.13 Å². The number of hydrogen-bond donors (Lipinski definition) is 1. The van der Waals surface area contributed by atoms with Crippen molar-refractivity contribution in [2.45, 2.75) is 4.34 Å². The van der Waals surface area contributed by atoms with E-state index in [-0.39, 0.29) is 5.76 Å². The van der Waals surface area contributed by atoms with E-state index in [2.05, 4.69) is 15.5 Å². The monoisotopic (exact) mass is 375 g/mol. The molecule has 0 aliphatic carbocycles. The van der Waals surface area contributed by atoms with Crippen LogP contribution in [0.3, 0.4) is 0 Å². The summed E-state index contributed by atoms with van der Waals surface area (Å²) in [6.07, 6.45) is 1.86. The van der Waals surface area contributed by atoms with E-state index in [1.165, 1.54) is 42.3 Å². The summed E-state index contributed by atoms with van der Waals surface area (Å²) in [5, 5.41) is 10.7. The maximum Gasteiger partial charge on any atom is 0.336 e. The third-order valence-electron chi connectivity index (χ3n) is 3.21. The third kappa shape index (κ3) is 3.89. The van der Waals surface area contributed by atoms with Gasteiger partial charge in [0.05, 0.1) is 7.11 Å². The van der Waals surface area contributed by atoms with E-state index in [1.54, 1.807) is 12.1 Å². The first-order chi connectivity index (χ1) is 12.1. The zero-order valence-corrected chi connectivity index (χ0v) is 14.9. The largest absolute Gasteiger partial charge is 0.496 e. The molecule has 0 bridgehead atoms. The van der Waals surface area contributed by atoms with Crippen molar-refractivity contribution in [1.29, 1.82) is 0 Å². The molecule has 1 N–H and O–H groups in total. The number of methoxy groups -OCH3 is 1. The molecule has 3 rings (SSSR count). The van der Waals surface area contributed by atoms with Crippen molar-refractivity contribution in [2.24, 2.45) is 0 Å². The van der Waals surface area contributed by atoms with Crippen molar-refractivity contribution in [3.63, 3.8) is 0 Å². The minimum absolute atomic E-state index is 0.116. The molecular formula is C16H13N3O4S2. The second-order valence-electron chi connectivity index (χ2n) is 4.76. The molecule has 0 saturated carbocycles. The number of ether oxygens (including phenoxy) is 1. The maximum atomic E-state index is 12.4. The van der Waals surface area contributed by atoms with Crippen molar-refractivity contribution < 1.29 is 13.9 Å². The Morgan fingerprint density at radius 3 is 2.80 bits per heavy atom. The Morgan fingerprint density at radius 1 is 1.28 bits per heavy atom. The first-order valence-electron chi connectivity index (χ1n) is 7.08. The first-order valence-corrected chi connectivity index (χ1v) is 9.12. The summed E-state index contributed by atoms with van der Waals surface area (Å²) in [6.45, 7) is 0. The van der Waals surface area contributed by atoms with Gasteiger partial charge in [-0.2, -0.15) is 0 Å². The Balaban J connectivity index is 1.93. The first kappa shape index (κ1) is 17.2. The number of benzene rings is 1. The number of anilines is 1. The molecule has 128 valence electrons. The third-order valence-corrected chi connectivity index (χ3v) is 5.03. The number of carbonyl (C=O) groups is 1. The molecule has 0 spiro atoms. The smallest absolute Gasteiger partial charge is 0.336 e. The molecule has 3 aromatic rings. The van der Waals surface area contributed by atoms with Gasteiger partial charge in [0.1, 0.15) is 5.75 Å². The lowest BCUT2D eigenvalue weighted by Crippen LogP contribution is -2.14. The zero-order valence-electron chi connectivity index (χ0n) is 13.3. The van der Waals surface area contributed by atoms with E-state index in [9.17, 15) is 9.59 Å². The van der Waals surface area contributed by atoms with E-state index < -0.39 is 11.5 Å². The molecule has 2 aromatic heterocycles. The standard InChI is InChI=1S/C16H13N3O4S2/c1-22-11-6-4-3-5-10(11)9-7-12(23-13(20)8-9)14(21)17-15-18-19-16(24-2)25-15/h3-8H,1-2H3,(H,17,18,21). The van der Waals surface area contributed by atoms with Gasteiger partial charge in [0.15, 0.2) is 10.1 Å². The molecule has 9 heteroatoms. The molecular weight excluding hydrogens is 362 g/mol. The fourth-order valence-corrected chi connectivity index (χ4v) is 3.29. The molecule has 2 heterocycles. The maximum absolute atomic E-state index is 12.4. The van der Waals surface area contributed by atoms with Gasteiger partial charge in [-0.25, -0.2) is 4.79 Å². The Kier molecular flexibility index (Phi) is 5.15. The van der Waals surface area contributed by atoms with Gasteiger partial charge in [-0.1, -0.05) is 41.3 Å². The van der Waals surface area contributed by atoms with Gasteiger partial charge in [-0.05, 0) is 24.0 Å². The van der Waals surface area contributed by atoms with Crippen LogP contribution in [0.15, 0.2) is 49.9 Å². The van der Waals surface area contributed by atoms with Crippen molar-refractivity contribution >= 4 is 34.1 Å². The Morgan fingerprint density at radius 2 is 2.08 bits per heavy atom. The fourth-order valence-electron chi connectivity index (χ4n) is 2.13. The van der Waals surface area contributed by atoms with Crippen LogP contribution in [0.4, 0.5) is 5.13 Å². The topological polar surface area (TPSA) is 94.3 Å².